The zero-order valence-corrected chi connectivity index (χ0v) is 14.6. The molecule has 2 heterocycles. The second-order valence-electron chi connectivity index (χ2n) is 5.57. The average molecular weight is 375 g/mol. The van der Waals surface area contributed by atoms with E-state index in [-0.39, 0.29) is 29.0 Å². The van der Waals surface area contributed by atoms with Crippen LogP contribution in [0.2, 0.25) is 0 Å². The summed E-state index contributed by atoms with van der Waals surface area (Å²) in [7, 11) is -3.66. The maximum Gasteiger partial charge on any atom is 0.243 e. The van der Waals surface area contributed by atoms with Crippen molar-refractivity contribution in [2.24, 2.45) is 0 Å². The largest absolute Gasteiger partial charge is 0.313 e. The molecule has 0 amide bonds. The maximum atomic E-state index is 13.7. The lowest BCUT2D eigenvalue weighted by molar-refractivity contribution is 0.398. The van der Waals surface area contributed by atoms with E-state index in [1.165, 1.54) is 29.2 Å². The minimum absolute atomic E-state index is 0. The Labute approximate surface area is 146 Å². The Balaban J connectivity index is 0.00000208. The van der Waals surface area contributed by atoms with Crippen LogP contribution in [0, 0.1) is 5.82 Å². The smallest absolute Gasteiger partial charge is 0.243 e. The molecular weight excluding hydrogens is 355 g/mol. The predicted molar refractivity (Wildman–Crippen MR) is 91.6 cm³/mol. The number of hydrogen-bond acceptors (Lipinski definition) is 4. The normalized spacial score (nSPS) is 18.1. The third kappa shape index (κ3) is 4.32. The van der Waals surface area contributed by atoms with Crippen LogP contribution in [0.3, 0.4) is 0 Å². The van der Waals surface area contributed by atoms with Crippen LogP contribution in [-0.2, 0) is 10.0 Å². The predicted octanol–water partition coefficient (Wildman–Crippen LogP) is 1.85. The first-order valence-corrected chi connectivity index (χ1v) is 9.07. The molecule has 6 nitrogen and oxygen atoms in total. The van der Waals surface area contributed by atoms with Gasteiger partial charge in [-0.25, -0.2) is 22.2 Å². The van der Waals surface area contributed by atoms with Crippen LogP contribution in [-0.4, -0.2) is 37.3 Å². The average Bonchev–Trinajstić information content (AvgIpc) is 3.05. The van der Waals surface area contributed by atoms with Gasteiger partial charge in [0.05, 0.1) is 12.4 Å². The standard InChI is InChI=1S/C15H19FN4O2S.ClH/c16-14-6-1-2-7-15(14)20-11-13(10-18-20)23(21,22)19-9-12-5-3-4-8-17-12;/h1-2,6-7,10-12,17,19H,3-5,8-9H2;1H. The van der Waals surface area contributed by atoms with Crippen LogP contribution in [0.1, 0.15) is 19.3 Å². The molecule has 1 aromatic heterocycles. The van der Waals surface area contributed by atoms with Crippen molar-refractivity contribution in [2.75, 3.05) is 13.1 Å². The van der Waals surface area contributed by atoms with Crippen molar-refractivity contribution in [3.8, 4) is 5.69 Å². The Morgan fingerprint density at radius 2 is 2.12 bits per heavy atom. The highest BCUT2D eigenvalue weighted by Crippen LogP contribution is 2.15. The molecule has 0 saturated carbocycles. The molecule has 9 heteroatoms. The number of nitrogens with zero attached hydrogens (tertiary/aromatic N) is 2. The second kappa shape index (κ2) is 8.06. The van der Waals surface area contributed by atoms with Gasteiger partial charge in [0.15, 0.2) is 0 Å². The van der Waals surface area contributed by atoms with Crippen LogP contribution < -0.4 is 10.0 Å². The molecule has 1 atom stereocenters. The maximum absolute atomic E-state index is 13.7. The van der Waals surface area contributed by atoms with E-state index in [1.807, 2.05) is 0 Å². The van der Waals surface area contributed by atoms with Gasteiger partial charge in [-0.15, -0.1) is 12.4 Å². The molecule has 1 saturated heterocycles. The number of hydrogen-bond donors (Lipinski definition) is 2. The molecule has 132 valence electrons. The molecular formula is C15H20ClFN4O2S. The van der Waals surface area contributed by atoms with Crippen molar-refractivity contribution in [1.82, 2.24) is 19.8 Å². The molecule has 1 unspecified atom stereocenters. The van der Waals surface area contributed by atoms with Crippen LogP contribution in [0.5, 0.6) is 0 Å². The first kappa shape index (κ1) is 18.9. The molecule has 3 rings (SSSR count). The first-order valence-electron chi connectivity index (χ1n) is 7.59. The topological polar surface area (TPSA) is 76.0 Å². The summed E-state index contributed by atoms with van der Waals surface area (Å²) in [5, 5.41) is 7.23. The number of halogens is 2. The van der Waals surface area contributed by atoms with Crippen LogP contribution in [0.25, 0.3) is 5.69 Å². The Kier molecular flexibility index (Phi) is 6.34. The number of nitrogens with one attached hydrogen (secondary N) is 2. The highest BCUT2D eigenvalue weighted by molar-refractivity contribution is 7.89. The summed E-state index contributed by atoms with van der Waals surface area (Å²) in [6.45, 7) is 1.25. The van der Waals surface area contributed by atoms with E-state index in [9.17, 15) is 12.8 Å². The quantitative estimate of drug-likeness (QED) is 0.837. The zero-order valence-electron chi connectivity index (χ0n) is 13.0. The van der Waals surface area contributed by atoms with E-state index in [2.05, 4.69) is 15.1 Å². The highest BCUT2D eigenvalue weighted by Gasteiger charge is 2.20. The molecule has 24 heavy (non-hydrogen) atoms. The van der Waals surface area contributed by atoms with Gasteiger partial charge >= 0.3 is 0 Å². The number of para-hydroxylation sites is 1. The van der Waals surface area contributed by atoms with E-state index >= 15 is 0 Å². The monoisotopic (exact) mass is 374 g/mol. The molecule has 1 fully saturated rings. The molecule has 1 aromatic carbocycles. The first-order chi connectivity index (χ1) is 11.1. The summed E-state index contributed by atoms with van der Waals surface area (Å²) in [5.41, 5.74) is 0.211. The van der Waals surface area contributed by atoms with Crippen molar-refractivity contribution in [3.05, 3.63) is 42.5 Å². The van der Waals surface area contributed by atoms with Crippen molar-refractivity contribution < 1.29 is 12.8 Å². The number of benzene rings is 1. The van der Waals surface area contributed by atoms with Gasteiger partial charge in [0, 0.05) is 12.6 Å². The van der Waals surface area contributed by atoms with Crippen molar-refractivity contribution >= 4 is 22.4 Å². The molecule has 0 radical (unpaired) electrons. The molecule has 2 N–H and O–H groups in total. The van der Waals surface area contributed by atoms with E-state index in [1.54, 1.807) is 12.1 Å². The van der Waals surface area contributed by atoms with Gasteiger partial charge < -0.3 is 5.32 Å². The number of aromatic nitrogens is 2. The SMILES string of the molecule is Cl.O=S(=O)(NCC1CCCCN1)c1cnn(-c2ccccc2F)c1. The summed E-state index contributed by atoms with van der Waals surface area (Å²) >= 11 is 0. The molecule has 0 spiro atoms. The fraction of sp³-hybridized carbons (Fsp3) is 0.400. The van der Waals surface area contributed by atoms with Crippen molar-refractivity contribution in [1.29, 1.82) is 0 Å². The minimum atomic E-state index is -3.66. The summed E-state index contributed by atoms with van der Waals surface area (Å²) in [4.78, 5) is 0.0246. The van der Waals surface area contributed by atoms with Crippen LogP contribution in [0.15, 0.2) is 41.6 Å². The third-order valence-corrected chi connectivity index (χ3v) is 5.28. The van der Waals surface area contributed by atoms with Gasteiger partial charge in [0.1, 0.15) is 16.4 Å². The summed E-state index contributed by atoms with van der Waals surface area (Å²) in [6.07, 6.45) is 5.72. The second-order valence-corrected chi connectivity index (χ2v) is 7.34. The van der Waals surface area contributed by atoms with Gasteiger partial charge in [0.2, 0.25) is 10.0 Å². The Bertz CT molecular complexity index is 775. The van der Waals surface area contributed by atoms with Gasteiger partial charge in [0.25, 0.3) is 0 Å². The number of rotatable bonds is 5. The third-order valence-electron chi connectivity index (χ3n) is 3.90. The summed E-state index contributed by atoms with van der Waals surface area (Å²) < 4.78 is 42.2. The Morgan fingerprint density at radius 1 is 1.33 bits per heavy atom. The molecule has 0 bridgehead atoms. The van der Waals surface area contributed by atoms with E-state index in [0.717, 1.165) is 25.8 Å². The molecule has 1 aliphatic heterocycles. The molecule has 0 aliphatic carbocycles. The molecule has 1 aliphatic rings. The van der Waals surface area contributed by atoms with Gasteiger partial charge in [-0.1, -0.05) is 18.6 Å². The van der Waals surface area contributed by atoms with Gasteiger partial charge in [-0.05, 0) is 31.5 Å². The minimum Gasteiger partial charge on any atom is -0.313 e. The summed E-state index contributed by atoms with van der Waals surface area (Å²) in [6, 6.07) is 6.23. The van der Waals surface area contributed by atoms with Crippen molar-refractivity contribution in [2.45, 2.75) is 30.2 Å². The van der Waals surface area contributed by atoms with E-state index in [0.29, 0.717) is 6.54 Å². The number of sulfonamides is 1. The molecule has 2 aromatic rings. The zero-order chi connectivity index (χ0) is 16.3. The van der Waals surface area contributed by atoms with Gasteiger partial charge in [-0.3, -0.25) is 0 Å². The van der Waals surface area contributed by atoms with Crippen LogP contribution >= 0.6 is 12.4 Å². The van der Waals surface area contributed by atoms with Gasteiger partial charge in [-0.2, -0.15) is 5.10 Å². The van der Waals surface area contributed by atoms with E-state index < -0.39 is 15.8 Å². The van der Waals surface area contributed by atoms with Crippen LogP contribution in [0.4, 0.5) is 4.39 Å². The fourth-order valence-corrected chi connectivity index (χ4v) is 3.62. The Hall–Kier alpha value is -1.48. The van der Waals surface area contributed by atoms with Crippen molar-refractivity contribution in [3.63, 3.8) is 0 Å². The highest BCUT2D eigenvalue weighted by atomic mass is 35.5. The lowest BCUT2D eigenvalue weighted by Crippen LogP contribution is -2.43. The summed E-state index contributed by atoms with van der Waals surface area (Å²) in [5.74, 6) is -0.459. The lowest BCUT2D eigenvalue weighted by Gasteiger charge is -2.23. The number of piperidine rings is 1. The fourth-order valence-electron chi connectivity index (χ4n) is 2.61. The lowest BCUT2D eigenvalue weighted by atomic mass is 10.1. The Morgan fingerprint density at radius 3 is 2.83 bits per heavy atom. The van der Waals surface area contributed by atoms with E-state index in [4.69, 9.17) is 0 Å².